The average Bonchev–Trinajstić information content (AvgIpc) is 3.41. The molecule has 0 atom stereocenters. The maximum Gasteiger partial charge on any atom is 0.341 e. The van der Waals surface area contributed by atoms with Crippen LogP contribution in [0.2, 0.25) is 0 Å². The van der Waals surface area contributed by atoms with Crippen LogP contribution in [-0.2, 0) is 28.4 Å². The summed E-state index contributed by atoms with van der Waals surface area (Å²) < 4.78 is 60.2. The minimum absolute atomic E-state index is 0.120. The molecule has 1 fully saturated rings. The zero-order valence-corrected chi connectivity index (χ0v) is 15.8. The van der Waals surface area contributed by atoms with Gasteiger partial charge in [0, 0.05) is 20.0 Å². The third-order valence-electron chi connectivity index (χ3n) is 4.42. The molecule has 3 rings (SSSR count). The summed E-state index contributed by atoms with van der Waals surface area (Å²) >= 11 is 0. The Morgan fingerprint density at radius 2 is 2.00 bits per heavy atom. The second kappa shape index (κ2) is 6.97. The molecule has 1 saturated carbocycles. The second-order valence-electron chi connectivity index (χ2n) is 6.33. The Bertz CT molecular complexity index is 1000. The quantitative estimate of drug-likeness (QED) is 0.684. The van der Waals surface area contributed by atoms with E-state index in [4.69, 9.17) is 0 Å². The van der Waals surface area contributed by atoms with Crippen molar-refractivity contribution in [2.45, 2.75) is 30.2 Å². The fraction of sp³-hybridized carbons (Fsp3) is 0.438. The number of ether oxygens (including phenoxy) is 1. The smallest absolute Gasteiger partial charge is 0.341 e. The SMILES string of the molecule is COC(=O)c1cc(S(=O)(=O)N(C)Cc2nnc(C3CC3)n2C)cc(F)c1F. The number of esters is 1. The first-order valence-corrected chi connectivity index (χ1v) is 9.52. The molecule has 1 heterocycles. The van der Waals surface area contributed by atoms with Crippen LogP contribution in [0.1, 0.15) is 40.8 Å². The highest BCUT2D eigenvalue weighted by atomic mass is 32.2. The lowest BCUT2D eigenvalue weighted by atomic mass is 10.2. The molecular weight excluding hydrogens is 382 g/mol. The van der Waals surface area contributed by atoms with E-state index in [-0.39, 0.29) is 6.54 Å². The molecule has 1 aliphatic carbocycles. The molecule has 0 radical (unpaired) electrons. The summed E-state index contributed by atoms with van der Waals surface area (Å²) in [4.78, 5) is 11.0. The van der Waals surface area contributed by atoms with E-state index >= 15 is 0 Å². The fourth-order valence-corrected chi connectivity index (χ4v) is 3.81. The largest absolute Gasteiger partial charge is 0.465 e. The molecule has 0 spiro atoms. The lowest BCUT2D eigenvalue weighted by Crippen LogP contribution is -2.28. The van der Waals surface area contributed by atoms with Gasteiger partial charge in [0.05, 0.1) is 24.1 Å². The van der Waals surface area contributed by atoms with E-state index in [0.29, 0.717) is 17.8 Å². The van der Waals surface area contributed by atoms with Crippen molar-refractivity contribution < 1.29 is 26.7 Å². The zero-order valence-electron chi connectivity index (χ0n) is 14.9. The Balaban J connectivity index is 1.91. The molecule has 0 unspecified atom stereocenters. The topological polar surface area (TPSA) is 94.4 Å². The van der Waals surface area contributed by atoms with E-state index in [1.54, 1.807) is 11.6 Å². The monoisotopic (exact) mass is 400 g/mol. The lowest BCUT2D eigenvalue weighted by molar-refractivity contribution is 0.0594. The number of hydrogen-bond acceptors (Lipinski definition) is 6. The van der Waals surface area contributed by atoms with Crippen molar-refractivity contribution in [3.8, 4) is 0 Å². The molecule has 2 aromatic rings. The van der Waals surface area contributed by atoms with Crippen LogP contribution >= 0.6 is 0 Å². The molecule has 146 valence electrons. The van der Waals surface area contributed by atoms with E-state index < -0.39 is 38.1 Å². The number of halogens is 2. The summed E-state index contributed by atoms with van der Waals surface area (Å²) in [5.74, 6) is -2.55. The molecule has 11 heteroatoms. The number of aromatic nitrogens is 3. The highest BCUT2D eigenvalue weighted by Crippen LogP contribution is 2.38. The summed E-state index contributed by atoms with van der Waals surface area (Å²) in [5, 5.41) is 8.09. The molecule has 0 aliphatic heterocycles. The summed E-state index contributed by atoms with van der Waals surface area (Å²) in [7, 11) is -0.206. The molecule has 0 amide bonds. The van der Waals surface area contributed by atoms with Crippen molar-refractivity contribution in [3.63, 3.8) is 0 Å². The lowest BCUT2D eigenvalue weighted by Gasteiger charge is -2.17. The van der Waals surface area contributed by atoms with Gasteiger partial charge in [0.15, 0.2) is 11.6 Å². The minimum atomic E-state index is -4.22. The van der Waals surface area contributed by atoms with E-state index in [9.17, 15) is 22.0 Å². The van der Waals surface area contributed by atoms with Gasteiger partial charge < -0.3 is 9.30 Å². The second-order valence-corrected chi connectivity index (χ2v) is 8.37. The highest BCUT2D eigenvalue weighted by molar-refractivity contribution is 7.89. The highest BCUT2D eigenvalue weighted by Gasteiger charge is 2.31. The molecule has 0 bridgehead atoms. The van der Waals surface area contributed by atoms with E-state index in [1.807, 2.05) is 0 Å². The summed E-state index contributed by atoms with van der Waals surface area (Å²) in [6.07, 6.45) is 2.04. The Hall–Kier alpha value is -2.40. The minimum Gasteiger partial charge on any atom is -0.465 e. The first kappa shape index (κ1) is 19.4. The van der Waals surface area contributed by atoms with Crippen LogP contribution in [0.3, 0.4) is 0 Å². The van der Waals surface area contributed by atoms with Crippen LogP contribution in [-0.4, -0.2) is 47.6 Å². The van der Waals surface area contributed by atoms with Gasteiger partial charge in [-0.05, 0) is 25.0 Å². The summed E-state index contributed by atoms with van der Waals surface area (Å²) in [6.45, 7) is -0.120. The van der Waals surface area contributed by atoms with Gasteiger partial charge in [-0.25, -0.2) is 22.0 Å². The summed E-state index contributed by atoms with van der Waals surface area (Å²) in [5.41, 5.74) is -0.792. The normalized spacial score (nSPS) is 14.6. The van der Waals surface area contributed by atoms with Crippen molar-refractivity contribution in [1.82, 2.24) is 19.1 Å². The number of carbonyl (C=O) groups is 1. The Labute approximate surface area is 154 Å². The van der Waals surface area contributed by atoms with Crippen molar-refractivity contribution in [3.05, 3.63) is 41.0 Å². The van der Waals surface area contributed by atoms with Gasteiger partial charge in [0.2, 0.25) is 10.0 Å². The molecule has 27 heavy (non-hydrogen) atoms. The molecular formula is C16H18F2N4O4S. The number of rotatable bonds is 6. The van der Waals surface area contributed by atoms with Crippen LogP contribution in [0.4, 0.5) is 8.78 Å². The van der Waals surface area contributed by atoms with Crippen LogP contribution in [0, 0.1) is 11.6 Å². The first-order valence-electron chi connectivity index (χ1n) is 8.08. The van der Waals surface area contributed by atoms with Gasteiger partial charge in [0.25, 0.3) is 0 Å². The maximum atomic E-state index is 13.8. The van der Waals surface area contributed by atoms with Gasteiger partial charge in [-0.1, -0.05) is 0 Å². The zero-order chi connectivity index (χ0) is 19.9. The van der Waals surface area contributed by atoms with Crippen LogP contribution in [0.25, 0.3) is 0 Å². The van der Waals surface area contributed by atoms with Gasteiger partial charge in [-0.15, -0.1) is 10.2 Å². The van der Waals surface area contributed by atoms with Gasteiger partial charge in [0.1, 0.15) is 11.6 Å². The summed E-state index contributed by atoms with van der Waals surface area (Å²) in [6, 6.07) is 1.28. The average molecular weight is 400 g/mol. The predicted molar refractivity (Wildman–Crippen MR) is 89.3 cm³/mol. The maximum absolute atomic E-state index is 13.8. The molecule has 1 aliphatic rings. The predicted octanol–water partition coefficient (Wildman–Crippen LogP) is 1.58. The Morgan fingerprint density at radius 1 is 1.33 bits per heavy atom. The number of hydrogen-bond donors (Lipinski definition) is 0. The standard InChI is InChI=1S/C16H18F2N4O4S/c1-21(8-13-19-20-15(22(13)2)9-4-5-9)27(24,25)10-6-11(16(23)26-3)14(18)12(17)7-10/h6-7,9H,4-5,8H2,1-3H3. The molecule has 0 saturated heterocycles. The van der Waals surface area contributed by atoms with Crippen LogP contribution < -0.4 is 0 Å². The van der Waals surface area contributed by atoms with Crippen LogP contribution in [0.5, 0.6) is 0 Å². The molecule has 1 aromatic heterocycles. The molecule has 0 N–H and O–H groups in total. The molecule has 8 nitrogen and oxygen atoms in total. The van der Waals surface area contributed by atoms with Crippen molar-refractivity contribution >= 4 is 16.0 Å². The van der Waals surface area contributed by atoms with E-state index in [1.165, 1.54) is 7.05 Å². The van der Waals surface area contributed by atoms with Crippen LogP contribution in [0.15, 0.2) is 17.0 Å². The first-order chi connectivity index (χ1) is 12.7. The third kappa shape index (κ3) is 3.56. The van der Waals surface area contributed by atoms with Gasteiger partial charge in [-0.3, -0.25) is 0 Å². The van der Waals surface area contributed by atoms with Crippen molar-refractivity contribution in [2.24, 2.45) is 7.05 Å². The number of nitrogens with zero attached hydrogens (tertiary/aromatic N) is 4. The number of carbonyl (C=O) groups excluding carboxylic acids is 1. The van der Waals surface area contributed by atoms with Gasteiger partial charge >= 0.3 is 5.97 Å². The number of methoxy groups -OCH3 is 1. The Kier molecular flexibility index (Phi) is 5.00. The molecule has 1 aromatic carbocycles. The number of benzene rings is 1. The van der Waals surface area contributed by atoms with Crippen molar-refractivity contribution in [2.75, 3.05) is 14.2 Å². The van der Waals surface area contributed by atoms with E-state index in [2.05, 4.69) is 14.9 Å². The third-order valence-corrected chi connectivity index (χ3v) is 6.20. The fourth-order valence-electron chi connectivity index (χ4n) is 2.65. The van der Waals surface area contributed by atoms with Gasteiger partial charge in [-0.2, -0.15) is 4.31 Å². The number of sulfonamides is 1. The van der Waals surface area contributed by atoms with E-state index in [0.717, 1.165) is 36.1 Å². The Morgan fingerprint density at radius 3 is 2.59 bits per heavy atom. The van der Waals surface area contributed by atoms with Crippen molar-refractivity contribution in [1.29, 1.82) is 0 Å².